The third-order valence-electron chi connectivity index (χ3n) is 9.24. The van der Waals surface area contributed by atoms with Gasteiger partial charge in [0.15, 0.2) is 5.79 Å². The Morgan fingerprint density at radius 1 is 0.756 bits per heavy atom. The van der Waals surface area contributed by atoms with E-state index in [4.69, 9.17) is 9.47 Å². The zero-order valence-corrected chi connectivity index (χ0v) is 23.5. The first-order valence-electron chi connectivity index (χ1n) is 14.6. The molecule has 41 heavy (non-hydrogen) atoms. The lowest BCUT2D eigenvalue weighted by Gasteiger charge is -2.44. The molecule has 2 fully saturated rings. The summed E-state index contributed by atoms with van der Waals surface area (Å²) in [6.45, 7) is 6.33. The number of hydrogen-bond acceptors (Lipinski definition) is 4. The molecule has 0 bridgehead atoms. The summed E-state index contributed by atoms with van der Waals surface area (Å²) in [6.07, 6.45) is 2.31. The molecular formula is C36H35N3O2. The highest BCUT2D eigenvalue weighted by Crippen LogP contribution is 2.58. The van der Waals surface area contributed by atoms with Crippen LogP contribution in [0, 0.1) is 0 Å². The highest BCUT2D eigenvalue weighted by molar-refractivity contribution is 5.88. The van der Waals surface area contributed by atoms with Crippen molar-refractivity contribution in [3.63, 3.8) is 0 Å². The van der Waals surface area contributed by atoms with Gasteiger partial charge in [0.05, 0.1) is 30.3 Å². The molecular weight excluding hydrogens is 506 g/mol. The summed E-state index contributed by atoms with van der Waals surface area (Å²) < 4.78 is 15.6. The van der Waals surface area contributed by atoms with Crippen molar-refractivity contribution in [3.05, 3.63) is 138 Å². The van der Waals surface area contributed by atoms with Crippen LogP contribution in [-0.2, 0) is 28.0 Å². The standard InChI is InChI=1S/C36H35N3O2/c1-35(2)40-24-30-33(41-35)36(29-23-38(21-25-13-5-3-6-14-25)31-19-11-9-17-27(29)31)28-18-10-12-20-32(28)39(34(36)37-30)22-26-15-7-4-8-16-26/h3-20,23,30,33-34,37H,21-22,24H2,1-2H3/t30-,33-,34+,36-/m1/s1. The molecule has 0 saturated carbocycles. The molecule has 0 amide bonds. The molecule has 0 unspecified atom stereocenters. The van der Waals surface area contributed by atoms with Crippen LogP contribution in [-0.4, -0.2) is 35.3 Å². The molecule has 0 aliphatic carbocycles. The molecule has 0 radical (unpaired) electrons. The predicted octanol–water partition coefficient (Wildman–Crippen LogP) is 6.45. The van der Waals surface area contributed by atoms with Crippen LogP contribution in [0.5, 0.6) is 0 Å². The van der Waals surface area contributed by atoms with E-state index in [1.165, 1.54) is 38.8 Å². The van der Waals surface area contributed by atoms with Gasteiger partial charge in [-0.05, 0) is 48.2 Å². The molecule has 3 aliphatic heterocycles. The number of nitrogens with one attached hydrogen (secondary N) is 1. The highest BCUT2D eigenvalue weighted by atomic mass is 16.7. The maximum Gasteiger partial charge on any atom is 0.163 e. The maximum absolute atomic E-state index is 6.98. The third kappa shape index (κ3) is 3.80. The number of fused-ring (bicyclic) bond motifs is 6. The van der Waals surface area contributed by atoms with E-state index in [2.05, 4.69) is 130 Å². The summed E-state index contributed by atoms with van der Waals surface area (Å²) in [5.41, 5.74) is 7.29. The van der Waals surface area contributed by atoms with E-state index in [1.807, 2.05) is 13.8 Å². The van der Waals surface area contributed by atoms with Gasteiger partial charge in [0, 0.05) is 35.9 Å². The number of ether oxygens (including phenoxy) is 2. The van der Waals surface area contributed by atoms with Crippen LogP contribution in [0.4, 0.5) is 5.69 Å². The van der Waals surface area contributed by atoms with Crippen LogP contribution in [0.25, 0.3) is 10.9 Å². The fraction of sp³-hybridized carbons (Fsp3) is 0.278. The minimum absolute atomic E-state index is 0.00332. The van der Waals surface area contributed by atoms with Crippen molar-refractivity contribution < 1.29 is 9.47 Å². The first kappa shape index (κ1) is 24.9. The molecule has 4 aromatic carbocycles. The van der Waals surface area contributed by atoms with Gasteiger partial charge in [0.25, 0.3) is 0 Å². The van der Waals surface area contributed by atoms with E-state index in [9.17, 15) is 0 Å². The van der Waals surface area contributed by atoms with Gasteiger partial charge >= 0.3 is 0 Å². The smallest absolute Gasteiger partial charge is 0.163 e. The Morgan fingerprint density at radius 2 is 1.41 bits per heavy atom. The average molecular weight is 542 g/mol. The van der Waals surface area contributed by atoms with Gasteiger partial charge < -0.3 is 18.9 Å². The predicted molar refractivity (Wildman–Crippen MR) is 163 cm³/mol. The Morgan fingerprint density at radius 3 is 2.20 bits per heavy atom. The lowest BCUT2D eigenvalue weighted by atomic mass is 9.70. The van der Waals surface area contributed by atoms with Gasteiger partial charge in [-0.2, -0.15) is 0 Å². The number of hydrogen-bond donors (Lipinski definition) is 1. The van der Waals surface area contributed by atoms with Crippen molar-refractivity contribution in [1.29, 1.82) is 0 Å². The minimum Gasteiger partial charge on any atom is -0.350 e. The van der Waals surface area contributed by atoms with E-state index >= 15 is 0 Å². The number of rotatable bonds is 5. The second kappa shape index (κ2) is 9.31. The largest absolute Gasteiger partial charge is 0.350 e. The summed E-state index contributed by atoms with van der Waals surface area (Å²) in [4.78, 5) is 2.56. The number of nitrogens with zero attached hydrogens (tertiary/aromatic N) is 2. The number of anilines is 1. The number of para-hydroxylation sites is 2. The summed E-state index contributed by atoms with van der Waals surface area (Å²) in [5.74, 6) is -0.672. The van der Waals surface area contributed by atoms with E-state index in [1.54, 1.807) is 0 Å². The maximum atomic E-state index is 6.98. The normalized spacial score (nSPS) is 26.1. The highest BCUT2D eigenvalue weighted by Gasteiger charge is 2.66. The topological polar surface area (TPSA) is 38.7 Å². The van der Waals surface area contributed by atoms with Crippen LogP contribution in [0.3, 0.4) is 0 Å². The van der Waals surface area contributed by atoms with Gasteiger partial charge in [0.1, 0.15) is 0 Å². The summed E-state index contributed by atoms with van der Waals surface area (Å²) in [6, 6.07) is 39.4. The number of aromatic nitrogens is 1. The average Bonchev–Trinajstić information content (AvgIpc) is 3.61. The zero-order chi connectivity index (χ0) is 27.6. The Hall–Kier alpha value is -3.90. The van der Waals surface area contributed by atoms with Crippen molar-refractivity contribution in [3.8, 4) is 0 Å². The van der Waals surface area contributed by atoms with Crippen LogP contribution < -0.4 is 10.2 Å². The summed E-state index contributed by atoms with van der Waals surface area (Å²) in [7, 11) is 0. The molecule has 1 aromatic heterocycles. The third-order valence-corrected chi connectivity index (χ3v) is 9.24. The zero-order valence-electron chi connectivity index (χ0n) is 23.5. The van der Waals surface area contributed by atoms with Crippen molar-refractivity contribution >= 4 is 16.6 Å². The van der Waals surface area contributed by atoms with E-state index in [-0.39, 0.29) is 18.3 Å². The molecule has 0 spiro atoms. The first-order valence-corrected chi connectivity index (χ1v) is 14.6. The van der Waals surface area contributed by atoms with Gasteiger partial charge in [-0.15, -0.1) is 0 Å². The van der Waals surface area contributed by atoms with Crippen molar-refractivity contribution in [2.24, 2.45) is 0 Å². The van der Waals surface area contributed by atoms with Crippen LogP contribution >= 0.6 is 0 Å². The van der Waals surface area contributed by atoms with Crippen LogP contribution in [0.1, 0.15) is 36.1 Å². The molecule has 5 heteroatoms. The molecule has 206 valence electrons. The van der Waals surface area contributed by atoms with Gasteiger partial charge in [-0.25, -0.2) is 0 Å². The van der Waals surface area contributed by atoms with Crippen molar-refractivity contribution in [2.45, 2.75) is 56.5 Å². The Labute approximate surface area is 241 Å². The van der Waals surface area contributed by atoms with Crippen molar-refractivity contribution in [1.82, 2.24) is 9.88 Å². The molecule has 5 aromatic rings. The van der Waals surface area contributed by atoms with E-state index in [0.717, 1.165) is 13.1 Å². The molecule has 4 heterocycles. The monoisotopic (exact) mass is 541 g/mol. The second-order valence-corrected chi connectivity index (χ2v) is 12.1. The lowest BCUT2D eigenvalue weighted by Crippen LogP contribution is -2.55. The fourth-order valence-electron chi connectivity index (χ4n) is 7.57. The Kier molecular flexibility index (Phi) is 5.65. The van der Waals surface area contributed by atoms with E-state index < -0.39 is 11.2 Å². The van der Waals surface area contributed by atoms with Crippen LogP contribution in [0.2, 0.25) is 0 Å². The minimum atomic E-state index is -0.672. The summed E-state index contributed by atoms with van der Waals surface area (Å²) in [5, 5.41) is 5.32. The molecule has 1 N–H and O–H groups in total. The van der Waals surface area contributed by atoms with Gasteiger partial charge in [-0.1, -0.05) is 97.1 Å². The fourth-order valence-corrected chi connectivity index (χ4v) is 7.57. The van der Waals surface area contributed by atoms with Gasteiger partial charge in [-0.3, -0.25) is 5.32 Å². The SMILES string of the molecule is CC1(C)OC[C@H]2N[C@H]3N(Cc4ccccc4)c4ccccc4[C@@]3(c3cn(Cc4ccccc4)c4ccccc34)[C@@H]2O1. The first-order chi connectivity index (χ1) is 20.0. The quantitative estimate of drug-likeness (QED) is 0.278. The van der Waals surface area contributed by atoms with E-state index in [0.29, 0.717) is 6.61 Å². The molecule has 4 atom stereocenters. The number of benzene rings is 4. The van der Waals surface area contributed by atoms with Crippen molar-refractivity contribution in [2.75, 3.05) is 11.5 Å². The van der Waals surface area contributed by atoms with Gasteiger partial charge in [0.2, 0.25) is 0 Å². The second-order valence-electron chi connectivity index (χ2n) is 12.1. The molecule has 8 rings (SSSR count). The Bertz CT molecular complexity index is 1710. The molecule has 2 saturated heterocycles. The summed E-state index contributed by atoms with van der Waals surface area (Å²) >= 11 is 0. The molecule has 5 nitrogen and oxygen atoms in total. The van der Waals surface area contributed by atoms with Crippen LogP contribution in [0.15, 0.2) is 115 Å². The Balaban J connectivity index is 1.37. The lowest BCUT2D eigenvalue weighted by molar-refractivity contribution is -0.283. The molecule has 3 aliphatic rings.